The molecule has 2 aromatic rings. The normalized spacial score (nSPS) is 18.0. The summed E-state index contributed by atoms with van der Waals surface area (Å²) in [5, 5.41) is 3.73. The van der Waals surface area contributed by atoms with E-state index >= 15 is 0 Å². The maximum absolute atomic E-state index is 13.8. The summed E-state index contributed by atoms with van der Waals surface area (Å²) in [6.07, 6.45) is 3.93. The van der Waals surface area contributed by atoms with Gasteiger partial charge in [0.15, 0.2) is 29.1 Å². The van der Waals surface area contributed by atoms with Crippen LogP contribution in [0.3, 0.4) is 0 Å². The minimum absolute atomic E-state index is 0.0935. The van der Waals surface area contributed by atoms with Crippen LogP contribution in [0.5, 0.6) is 0 Å². The highest BCUT2D eigenvalue weighted by Crippen LogP contribution is 2.51. The second-order valence-electron chi connectivity index (χ2n) is 11.3. The third kappa shape index (κ3) is 4.76. The molecule has 0 radical (unpaired) electrons. The van der Waals surface area contributed by atoms with Crippen LogP contribution in [0, 0.1) is 20.8 Å². The van der Waals surface area contributed by atoms with Crippen LogP contribution in [0.2, 0.25) is 0 Å². The van der Waals surface area contributed by atoms with Crippen molar-refractivity contribution in [2.75, 3.05) is 17.3 Å². The Balaban J connectivity index is 2.04. The van der Waals surface area contributed by atoms with Gasteiger partial charge in [-0.05, 0) is 76.6 Å². The number of carbonyl (C=O) groups excluding carboxylic acids is 2. The molecule has 4 rings (SSSR count). The largest absolute Gasteiger partial charge is 0.392 e. The Bertz CT molecular complexity index is 1180. The molecule has 1 fully saturated rings. The van der Waals surface area contributed by atoms with Gasteiger partial charge in [-0.15, -0.1) is 0 Å². The molecule has 194 valence electrons. The van der Waals surface area contributed by atoms with Gasteiger partial charge < -0.3 is 18.0 Å². The summed E-state index contributed by atoms with van der Waals surface area (Å²) in [5.41, 5.74) is 6.30. The lowest BCUT2D eigenvalue weighted by Gasteiger charge is -2.46. The van der Waals surface area contributed by atoms with E-state index in [0.717, 1.165) is 76.9 Å². The molecule has 7 heteroatoms. The third-order valence-electron chi connectivity index (χ3n) is 7.50. The highest BCUT2D eigenvalue weighted by molar-refractivity contribution is 14.1. The molecular formula is C29H37IN2O4. The lowest BCUT2D eigenvalue weighted by atomic mass is 9.77. The van der Waals surface area contributed by atoms with Gasteiger partial charge in [0, 0.05) is 12.6 Å². The monoisotopic (exact) mass is 604 g/mol. The number of ether oxygens (including phenoxy) is 1. The minimum atomic E-state index is -0.948. The molecule has 1 aliphatic heterocycles. The smallest absolute Gasteiger partial charge is 0.349 e. The van der Waals surface area contributed by atoms with E-state index in [1.54, 1.807) is 27.9 Å². The highest BCUT2D eigenvalue weighted by atomic mass is 127. The zero-order valence-electron chi connectivity index (χ0n) is 22.4. The van der Waals surface area contributed by atoms with Gasteiger partial charge in [0.05, 0.1) is 17.0 Å². The van der Waals surface area contributed by atoms with Gasteiger partial charge in [-0.25, -0.2) is 4.79 Å². The van der Waals surface area contributed by atoms with Crippen molar-refractivity contribution in [3.63, 3.8) is 0 Å². The first kappa shape index (κ1) is 26.9. The number of likely N-dealkylation sites (N-methyl/N-ethyl adjacent to an activating group) is 1. The lowest BCUT2D eigenvalue weighted by molar-refractivity contribution is -0.154. The van der Waals surface area contributed by atoms with Gasteiger partial charge in [-0.1, -0.05) is 49.1 Å². The van der Waals surface area contributed by atoms with Crippen molar-refractivity contribution in [3.8, 4) is 11.1 Å². The maximum Gasteiger partial charge on any atom is 0.349 e. The lowest BCUT2D eigenvalue weighted by Crippen LogP contribution is -2.57. The van der Waals surface area contributed by atoms with Crippen LogP contribution in [0.15, 0.2) is 24.3 Å². The number of nitrogens with zero attached hydrogens (tertiary/aromatic N) is 1. The van der Waals surface area contributed by atoms with E-state index in [9.17, 15) is 9.59 Å². The predicted octanol–water partition coefficient (Wildman–Crippen LogP) is 7.12. The molecule has 0 aromatic heterocycles. The summed E-state index contributed by atoms with van der Waals surface area (Å²) in [7, 11) is 1.86. The summed E-state index contributed by atoms with van der Waals surface area (Å²) < 4.78 is 11.6. The fraction of sp³-hybridized carbons (Fsp3) is 0.517. The Kier molecular flexibility index (Phi) is 7.45. The van der Waals surface area contributed by atoms with Crippen LogP contribution >= 0.6 is 23.0 Å². The summed E-state index contributed by atoms with van der Waals surface area (Å²) in [5.74, 6) is -0.376. The van der Waals surface area contributed by atoms with Crippen molar-refractivity contribution in [1.29, 1.82) is 0 Å². The molecular weight excluding hydrogens is 567 g/mol. The Hall–Kier alpha value is -2.13. The SMILES string of the molecule is Cc1ccc(-c2c(C)c3c(c(C)c2[C@H](OC(C)(C)C)C(=O)OI)N(C)C(=O)C2(CCCCC2)N3)cc1. The van der Waals surface area contributed by atoms with E-state index in [4.69, 9.17) is 7.80 Å². The van der Waals surface area contributed by atoms with Crippen LogP contribution in [-0.4, -0.2) is 30.1 Å². The van der Waals surface area contributed by atoms with E-state index in [1.165, 1.54) is 0 Å². The highest BCUT2D eigenvalue weighted by Gasteiger charge is 2.47. The van der Waals surface area contributed by atoms with Crippen LogP contribution in [0.1, 0.15) is 81.2 Å². The number of amides is 1. The van der Waals surface area contributed by atoms with Crippen molar-refractivity contribution in [3.05, 3.63) is 46.5 Å². The standard InChI is InChI=1S/C29H37IN2O4/c1-17-11-13-20(14-12-17)21-18(2)23-24(32(7)27(34)29(31-23)15-9-8-10-16-29)19(3)22(21)25(26(33)36-30)35-28(4,5)6/h11-14,25,31H,8-10,15-16H2,1-7H3/t25-/m0/s1. The Morgan fingerprint density at radius 1 is 1.06 bits per heavy atom. The molecule has 1 aliphatic carbocycles. The molecule has 1 spiro atoms. The molecule has 0 unspecified atom stereocenters. The molecule has 1 atom stereocenters. The van der Waals surface area contributed by atoms with Crippen molar-refractivity contribution in [1.82, 2.24) is 0 Å². The van der Waals surface area contributed by atoms with Gasteiger partial charge in [0.2, 0.25) is 0 Å². The number of anilines is 2. The van der Waals surface area contributed by atoms with Crippen LogP contribution in [0.4, 0.5) is 11.4 Å². The number of halogens is 1. The Labute approximate surface area is 228 Å². The number of rotatable bonds is 4. The Morgan fingerprint density at radius 3 is 2.22 bits per heavy atom. The third-order valence-corrected chi connectivity index (χ3v) is 7.93. The number of carbonyl (C=O) groups is 2. The average molecular weight is 605 g/mol. The molecule has 2 aliphatic rings. The first-order valence-electron chi connectivity index (χ1n) is 12.7. The fourth-order valence-corrected chi connectivity index (χ4v) is 6.06. The Morgan fingerprint density at radius 2 is 1.67 bits per heavy atom. The van der Waals surface area contributed by atoms with E-state index in [-0.39, 0.29) is 5.91 Å². The second kappa shape index (κ2) is 9.97. The molecule has 1 amide bonds. The van der Waals surface area contributed by atoms with Gasteiger partial charge in [0.1, 0.15) is 5.54 Å². The van der Waals surface area contributed by atoms with Crippen molar-refractivity contribution in [2.24, 2.45) is 0 Å². The van der Waals surface area contributed by atoms with E-state index in [2.05, 4.69) is 43.4 Å². The molecule has 1 heterocycles. The molecule has 36 heavy (non-hydrogen) atoms. The van der Waals surface area contributed by atoms with Crippen LogP contribution in [-0.2, 0) is 17.4 Å². The topological polar surface area (TPSA) is 67.9 Å². The van der Waals surface area contributed by atoms with Gasteiger partial charge in [0.25, 0.3) is 5.91 Å². The van der Waals surface area contributed by atoms with E-state index < -0.39 is 23.2 Å². The zero-order valence-corrected chi connectivity index (χ0v) is 24.5. The summed E-state index contributed by atoms with van der Waals surface area (Å²) >= 11 is 1.63. The molecule has 0 saturated heterocycles. The van der Waals surface area contributed by atoms with Gasteiger partial charge in [-0.2, -0.15) is 0 Å². The van der Waals surface area contributed by atoms with Crippen molar-refractivity contribution in [2.45, 2.75) is 90.9 Å². The first-order chi connectivity index (χ1) is 16.9. The molecule has 2 aromatic carbocycles. The van der Waals surface area contributed by atoms with Crippen LogP contribution in [0.25, 0.3) is 11.1 Å². The van der Waals surface area contributed by atoms with E-state index in [0.29, 0.717) is 0 Å². The molecule has 0 bridgehead atoms. The minimum Gasteiger partial charge on any atom is -0.392 e. The average Bonchev–Trinajstić information content (AvgIpc) is 2.83. The number of benzene rings is 2. The number of hydrogen-bond acceptors (Lipinski definition) is 5. The predicted molar refractivity (Wildman–Crippen MR) is 153 cm³/mol. The number of nitrogens with one attached hydrogen (secondary N) is 1. The first-order valence-corrected chi connectivity index (χ1v) is 13.6. The zero-order chi connectivity index (χ0) is 26.4. The van der Waals surface area contributed by atoms with Crippen molar-refractivity contribution >= 4 is 46.3 Å². The molecule has 1 saturated carbocycles. The fourth-order valence-electron chi connectivity index (χ4n) is 5.83. The number of fused-ring (bicyclic) bond motifs is 1. The van der Waals surface area contributed by atoms with Crippen LogP contribution < -0.4 is 10.2 Å². The van der Waals surface area contributed by atoms with Crippen molar-refractivity contribution < 1.29 is 17.4 Å². The second-order valence-corrected chi connectivity index (χ2v) is 11.7. The van der Waals surface area contributed by atoms with E-state index in [1.807, 2.05) is 34.7 Å². The maximum atomic E-state index is 13.8. The molecule has 6 nitrogen and oxygen atoms in total. The number of hydrogen-bond donors (Lipinski definition) is 1. The van der Waals surface area contributed by atoms with Gasteiger partial charge >= 0.3 is 5.97 Å². The summed E-state index contributed by atoms with van der Waals surface area (Å²) in [6, 6.07) is 8.33. The quantitative estimate of drug-likeness (QED) is 0.377. The number of aryl methyl sites for hydroxylation is 1. The summed E-state index contributed by atoms with van der Waals surface area (Å²) in [4.78, 5) is 28.8. The summed E-state index contributed by atoms with van der Waals surface area (Å²) in [6.45, 7) is 11.9. The molecule has 1 N–H and O–H groups in total. The van der Waals surface area contributed by atoms with Gasteiger partial charge in [-0.3, -0.25) is 4.79 Å².